The highest BCUT2D eigenvalue weighted by Crippen LogP contribution is 2.02. The van der Waals surface area contributed by atoms with E-state index < -0.39 is 0 Å². The van der Waals surface area contributed by atoms with Gasteiger partial charge in [0, 0.05) is 11.9 Å². The molecule has 1 N–H and O–H groups in total. The molecule has 0 aliphatic rings. The highest BCUT2D eigenvalue weighted by atomic mass is 35.5. The minimum absolute atomic E-state index is 0.0899. The zero-order chi connectivity index (χ0) is 9.68. The van der Waals surface area contributed by atoms with Crippen molar-refractivity contribution in [1.29, 1.82) is 0 Å². The average molecular weight is 220 g/mol. The second kappa shape index (κ2) is 5.14. The smallest absolute Gasteiger partial charge is 0.264 e. The summed E-state index contributed by atoms with van der Waals surface area (Å²) in [6.45, 7) is 1.91. The van der Waals surface area contributed by atoms with Gasteiger partial charge in [0.25, 0.3) is 5.91 Å². The molecule has 1 aromatic rings. The maximum atomic E-state index is 11.4. The van der Waals surface area contributed by atoms with Gasteiger partial charge in [-0.2, -0.15) is 0 Å². The molecule has 0 radical (unpaired) electrons. The van der Waals surface area contributed by atoms with Crippen LogP contribution >= 0.6 is 23.1 Å². The minimum atomic E-state index is -0.132. The average Bonchev–Trinajstić information content (AvgIpc) is 2.55. The number of nitrogens with one attached hydrogen (secondary N) is 1. The molecule has 0 saturated carbocycles. The number of aromatic nitrogens is 2. The van der Waals surface area contributed by atoms with E-state index in [0.717, 1.165) is 18.0 Å². The molecular weight excluding hydrogens is 210 g/mol. The van der Waals surface area contributed by atoms with Crippen molar-refractivity contribution in [3.8, 4) is 0 Å². The first-order valence-electron chi connectivity index (χ1n) is 3.88. The Balaban J connectivity index is 2.42. The SMILES string of the molecule is CC(CCCl)NC(=O)c1cnns1. The lowest BCUT2D eigenvalue weighted by atomic mass is 10.2. The summed E-state index contributed by atoms with van der Waals surface area (Å²) in [4.78, 5) is 11.9. The Labute approximate surface area is 85.5 Å². The summed E-state index contributed by atoms with van der Waals surface area (Å²) in [5, 5.41) is 6.37. The maximum absolute atomic E-state index is 11.4. The van der Waals surface area contributed by atoms with Gasteiger partial charge in [-0.05, 0) is 24.9 Å². The van der Waals surface area contributed by atoms with Crippen molar-refractivity contribution < 1.29 is 4.79 Å². The molecule has 1 rings (SSSR count). The summed E-state index contributed by atoms with van der Waals surface area (Å²) in [7, 11) is 0. The van der Waals surface area contributed by atoms with Gasteiger partial charge in [0.15, 0.2) is 0 Å². The number of nitrogens with zero attached hydrogens (tertiary/aromatic N) is 2. The van der Waals surface area contributed by atoms with Crippen molar-refractivity contribution in [2.75, 3.05) is 5.88 Å². The molecule has 1 unspecified atom stereocenters. The summed E-state index contributed by atoms with van der Waals surface area (Å²) in [5.74, 6) is 0.412. The molecule has 6 heteroatoms. The Hall–Kier alpha value is -0.680. The molecule has 1 amide bonds. The second-order valence-electron chi connectivity index (χ2n) is 2.63. The second-order valence-corrected chi connectivity index (χ2v) is 3.80. The van der Waals surface area contributed by atoms with Crippen molar-refractivity contribution in [2.45, 2.75) is 19.4 Å². The molecule has 1 heterocycles. The molecule has 0 saturated heterocycles. The number of alkyl halides is 1. The Kier molecular flexibility index (Phi) is 4.11. The van der Waals surface area contributed by atoms with E-state index in [-0.39, 0.29) is 11.9 Å². The molecule has 0 aliphatic carbocycles. The fourth-order valence-corrected chi connectivity index (χ4v) is 1.54. The van der Waals surface area contributed by atoms with Crippen LogP contribution in [-0.2, 0) is 0 Å². The first-order valence-corrected chi connectivity index (χ1v) is 5.19. The summed E-state index contributed by atoms with van der Waals surface area (Å²) in [5.41, 5.74) is 0. The van der Waals surface area contributed by atoms with Crippen LogP contribution in [0.1, 0.15) is 23.0 Å². The normalized spacial score (nSPS) is 12.5. The Morgan fingerprint density at radius 1 is 1.85 bits per heavy atom. The molecule has 72 valence electrons. The maximum Gasteiger partial charge on any atom is 0.264 e. The van der Waals surface area contributed by atoms with E-state index in [1.54, 1.807) is 0 Å². The predicted octanol–water partition coefficient (Wildman–Crippen LogP) is 1.29. The third-order valence-electron chi connectivity index (χ3n) is 1.50. The third kappa shape index (κ3) is 3.28. The van der Waals surface area contributed by atoms with E-state index >= 15 is 0 Å². The first-order chi connectivity index (χ1) is 6.24. The van der Waals surface area contributed by atoms with Crippen LogP contribution in [0.3, 0.4) is 0 Å². The van der Waals surface area contributed by atoms with Crippen LogP contribution in [-0.4, -0.2) is 27.4 Å². The van der Waals surface area contributed by atoms with E-state index in [1.807, 2.05) is 6.92 Å². The van der Waals surface area contributed by atoms with Crippen molar-refractivity contribution in [3.05, 3.63) is 11.1 Å². The van der Waals surface area contributed by atoms with Crippen LogP contribution in [0.15, 0.2) is 6.20 Å². The highest BCUT2D eigenvalue weighted by Gasteiger charge is 2.10. The van der Waals surface area contributed by atoms with E-state index in [0.29, 0.717) is 10.8 Å². The lowest BCUT2D eigenvalue weighted by Crippen LogP contribution is -2.32. The largest absolute Gasteiger partial charge is 0.349 e. The molecule has 0 bridgehead atoms. The topological polar surface area (TPSA) is 54.9 Å². The van der Waals surface area contributed by atoms with Gasteiger partial charge in [0.2, 0.25) is 0 Å². The Morgan fingerprint density at radius 3 is 3.15 bits per heavy atom. The molecule has 0 aliphatic heterocycles. The number of carbonyl (C=O) groups is 1. The van der Waals surface area contributed by atoms with Crippen molar-refractivity contribution in [3.63, 3.8) is 0 Å². The zero-order valence-corrected chi connectivity index (χ0v) is 8.73. The standard InChI is InChI=1S/C7H10ClN3OS/c1-5(2-3-8)10-7(12)6-4-9-11-13-6/h4-5H,2-3H2,1H3,(H,10,12). The monoisotopic (exact) mass is 219 g/mol. The van der Waals surface area contributed by atoms with Crippen LogP contribution in [0, 0.1) is 0 Å². The number of hydrogen-bond acceptors (Lipinski definition) is 4. The third-order valence-corrected chi connectivity index (χ3v) is 2.39. The van der Waals surface area contributed by atoms with Crippen molar-refractivity contribution in [1.82, 2.24) is 14.9 Å². The predicted molar refractivity (Wildman–Crippen MR) is 52.2 cm³/mol. The molecule has 0 spiro atoms. The summed E-state index contributed by atoms with van der Waals surface area (Å²) in [6, 6.07) is 0.0899. The van der Waals surface area contributed by atoms with Gasteiger partial charge in [0.1, 0.15) is 4.88 Å². The van der Waals surface area contributed by atoms with E-state index in [9.17, 15) is 4.79 Å². The van der Waals surface area contributed by atoms with Gasteiger partial charge >= 0.3 is 0 Å². The molecular formula is C7H10ClN3OS. The number of amides is 1. The van der Waals surface area contributed by atoms with E-state index in [2.05, 4.69) is 14.9 Å². The fourth-order valence-electron chi connectivity index (χ4n) is 0.798. The zero-order valence-electron chi connectivity index (χ0n) is 7.16. The molecule has 4 nitrogen and oxygen atoms in total. The van der Waals surface area contributed by atoms with Gasteiger partial charge in [-0.1, -0.05) is 4.49 Å². The fraction of sp³-hybridized carbons (Fsp3) is 0.571. The number of hydrogen-bond donors (Lipinski definition) is 1. The number of halogens is 1. The van der Waals surface area contributed by atoms with Gasteiger partial charge < -0.3 is 5.32 Å². The Morgan fingerprint density at radius 2 is 2.62 bits per heavy atom. The molecule has 1 aromatic heterocycles. The highest BCUT2D eigenvalue weighted by molar-refractivity contribution is 7.07. The lowest BCUT2D eigenvalue weighted by molar-refractivity contribution is 0.0943. The number of rotatable bonds is 4. The summed E-state index contributed by atoms with van der Waals surface area (Å²) >= 11 is 6.62. The first kappa shape index (κ1) is 10.4. The lowest BCUT2D eigenvalue weighted by Gasteiger charge is -2.10. The molecule has 0 aromatic carbocycles. The quantitative estimate of drug-likeness (QED) is 0.777. The van der Waals surface area contributed by atoms with Crippen molar-refractivity contribution in [2.24, 2.45) is 0 Å². The van der Waals surface area contributed by atoms with Crippen LogP contribution in [0.4, 0.5) is 0 Å². The van der Waals surface area contributed by atoms with Crippen LogP contribution in [0.5, 0.6) is 0 Å². The van der Waals surface area contributed by atoms with Crippen LogP contribution in [0.25, 0.3) is 0 Å². The van der Waals surface area contributed by atoms with E-state index in [1.165, 1.54) is 6.20 Å². The van der Waals surface area contributed by atoms with Gasteiger partial charge in [-0.3, -0.25) is 4.79 Å². The van der Waals surface area contributed by atoms with Crippen LogP contribution < -0.4 is 5.32 Å². The molecule has 0 fully saturated rings. The molecule has 13 heavy (non-hydrogen) atoms. The summed E-state index contributed by atoms with van der Waals surface area (Å²) < 4.78 is 3.60. The summed E-state index contributed by atoms with van der Waals surface area (Å²) in [6.07, 6.45) is 2.22. The van der Waals surface area contributed by atoms with Gasteiger partial charge in [-0.25, -0.2) is 0 Å². The minimum Gasteiger partial charge on any atom is -0.349 e. The number of carbonyl (C=O) groups excluding carboxylic acids is 1. The molecule has 1 atom stereocenters. The van der Waals surface area contributed by atoms with Gasteiger partial charge in [-0.15, -0.1) is 16.7 Å². The van der Waals surface area contributed by atoms with Crippen LogP contribution in [0.2, 0.25) is 0 Å². The van der Waals surface area contributed by atoms with E-state index in [4.69, 9.17) is 11.6 Å². The Bertz CT molecular complexity index is 265. The van der Waals surface area contributed by atoms with Crippen molar-refractivity contribution >= 4 is 29.0 Å². The van der Waals surface area contributed by atoms with Gasteiger partial charge in [0.05, 0.1) is 6.20 Å².